The Bertz CT molecular complexity index is 882. The van der Waals surface area contributed by atoms with Gasteiger partial charge in [0.25, 0.3) is 0 Å². The Morgan fingerprint density at radius 1 is 1.22 bits per heavy atom. The number of benzene rings is 2. The van der Waals surface area contributed by atoms with Gasteiger partial charge in [-0.3, -0.25) is 4.79 Å². The second-order valence-corrected chi connectivity index (χ2v) is 5.87. The van der Waals surface area contributed by atoms with Crippen LogP contribution in [0.3, 0.4) is 0 Å². The smallest absolute Gasteiger partial charge is 0.231 e. The molecule has 0 unspecified atom stereocenters. The molecular formula is C19H18N2O2. The summed E-state index contributed by atoms with van der Waals surface area (Å²) >= 11 is 0. The lowest BCUT2D eigenvalue weighted by molar-refractivity contribution is -0.117. The van der Waals surface area contributed by atoms with Crippen LogP contribution in [-0.4, -0.2) is 24.5 Å². The molecule has 1 amide bonds. The molecule has 1 aliphatic rings. The maximum absolute atomic E-state index is 12.7. The molecule has 4 rings (SSSR count). The summed E-state index contributed by atoms with van der Waals surface area (Å²) in [5.41, 5.74) is 4.33. The predicted octanol–water partition coefficient (Wildman–Crippen LogP) is 3.31. The van der Waals surface area contributed by atoms with Crippen LogP contribution in [0.5, 0.6) is 5.75 Å². The summed E-state index contributed by atoms with van der Waals surface area (Å²) in [7, 11) is 1.65. The summed E-state index contributed by atoms with van der Waals surface area (Å²) < 4.78 is 5.28. The van der Waals surface area contributed by atoms with Gasteiger partial charge < -0.3 is 14.6 Å². The van der Waals surface area contributed by atoms with Crippen molar-refractivity contribution in [3.05, 3.63) is 59.8 Å². The monoisotopic (exact) mass is 306 g/mol. The first-order valence-corrected chi connectivity index (χ1v) is 7.78. The minimum Gasteiger partial charge on any atom is -0.497 e. The number of carbonyl (C=O) groups excluding carboxylic acids is 1. The fraction of sp³-hybridized carbons (Fsp3) is 0.211. The van der Waals surface area contributed by atoms with Gasteiger partial charge in [0.05, 0.1) is 19.2 Å². The van der Waals surface area contributed by atoms with Gasteiger partial charge in [0.1, 0.15) is 5.75 Å². The summed E-state index contributed by atoms with van der Waals surface area (Å²) in [6.07, 6.45) is 3.24. The molecule has 0 saturated heterocycles. The number of amides is 1. The third-order valence-corrected chi connectivity index (χ3v) is 4.46. The first-order valence-electron chi connectivity index (χ1n) is 7.78. The van der Waals surface area contributed by atoms with Crippen LogP contribution in [0.25, 0.3) is 10.9 Å². The average Bonchev–Trinajstić information content (AvgIpc) is 3.20. The molecule has 1 aromatic heterocycles. The number of nitrogens with zero attached hydrogens (tertiary/aromatic N) is 1. The van der Waals surface area contributed by atoms with E-state index in [1.165, 1.54) is 5.56 Å². The van der Waals surface area contributed by atoms with Gasteiger partial charge in [-0.15, -0.1) is 0 Å². The van der Waals surface area contributed by atoms with Gasteiger partial charge in [0.2, 0.25) is 5.91 Å². The van der Waals surface area contributed by atoms with Gasteiger partial charge in [-0.2, -0.15) is 0 Å². The number of aromatic amines is 1. The molecular weight excluding hydrogens is 288 g/mol. The highest BCUT2D eigenvalue weighted by atomic mass is 16.5. The Hall–Kier alpha value is -2.75. The number of ether oxygens (including phenoxy) is 1. The molecule has 2 heterocycles. The van der Waals surface area contributed by atoms with E-state index >= 15 is 0 Å². The Labute approximate surface area is 134 Å². The Morgan fingerprint density at radius 2 is 2.13 bits per heavy atom. The van der Waals surface area contributed by atoms with E-state index in [1.54, 1.807) is 7.11 Å². The molecule has 0 fully saturated rings. The quantitative estimate of drug-likeness (QED) is 0.807. The third kappa shape index (κ3) is 2.46. The second kappa shape index (κ2) is 5.47. The number of nitrogens with one attached hydrogen (secondary N) is 1. The number of aromatic nitrogens is 1. The van der Waals surface area contributed by atoms with Crippen molar-refractivity contribution in [2.24, 2.45) is 0 Å². The van der Waals surface area contributed by atoms with Crippen molar-refractivity contribution in [3.8, 4) is 5.75 Å². The van der Waals surface area contributed by atoms with Crippen molar-refractivity contribution >= 4 is 22.5 Å². The topological polar surface area (TPSA) is 45.3 Å². The summed E-state index contributed by atoms with van der Waals surface area (Å²) in [5, 5.41) is 1.14. The van der Waals surface area contributed by atoms with E-state index in [4.69, 9.17) is 4.74 Å². The van der Waals surface area contributed by atoms with E-state index in [0.29, 0.717) is 6.42 Å². The van der Waals surface area contributed by atoms with E-state index in [9.17, 15) is 4.79 Å². The molecule has 0 bridgehead atoms. The van der Waals surface area contributed by atoms with E-state index < -0.39 is 0 Å². The number of anilines is 1. The molecule has 23 heavy (non-hydrogen) atoms. The summed E-state index contributed by atoms with van der Waals surface area (Å²) in [6.45, 7) is 0.744. The minimum absolute atomic E-state index is 0.131. The van der Waals surface area contributed by atoms with Crippen LogP contribution in [-0.2, 0) is 17.6 Å². The highest BCUT2D eigenvalue weighted by Gasteiger charge is 2.25. The molecule has 0 spiro atoms. The first kappa shape index (κ1) is 13.9. The molecule has 0 aliphatic carbocycles. The zero-order chi connectivity index (χ0) is 15.8. The summed E-state index contributed by atoms with van der Waals surface area (Å²) in [6, 6.07) is 14.1. The predicted molar refractivity (Wildman–Crippen MR) is 91.1 cm³/mol. The normalized spacial score (nSPS) is 13.3. The van der Waals surface area contributed by atoms with Gasteiger partial charge in [-0.05, 0) is 47.2 Å². The first-order chi connectivity index (χ1) is 11.2. The van der Waals surface area contributed by atoms with Crippen molar-refractivity contribution in [2.45, 2.75) is 12.8 Å². The molecule has 1 aliphatic heterocycles. The molecule has 3 aromatic rings. The number of fused-ring (bicyclic) bond motifs is 2. The van der Waals surface area contributed by atoms with E-state index in [0.717, 1.165) is 40.9 Å². The number of carbonyl (C=O) groups is 1. The maximum Gasteiger partial charge on any atom is 0.231 e. The minimum atomic E-state index is 0.131. The third-order valence-electron chi connectivity index (χ3n) is 4.46. The molecule has 2 aromatic carbocycles. The van der Waals surface area contributed by atoms with Gasteiger partial charge in [-0.1, -0.05) is 12.1 Å². The number of hydrogen-bond donors (Lipinski definition) is 1. The molecule has 4 heteroatoms. The lowest BCUT2D eigenvalue weighted by Gasteiger charge is -2.18. The van der Waals surface area contributed by atoms with Gasteiger partial charge in [0, 0.05) is 24.3 Å². The number of methoxy groups -OCH3 is 1. The Morgan fingerprint density at radius 3 is 3.00 bits per heavy atom. The number of rotatable bonds is 3. The molecule has 0 radical (unpaired) electrons. The van der Waals surface area contributed by atoms with Crippen molar-refractivity contribution in [1.82, 2.24) is 4.98 Å². The van der Waals surface area contributed by atoms with E-state index in [2.05, 4.69) is 11.1 Å². The number of hydrogen-bond acceptors (Lipinski definition) is 2. The van der Waals surface area contributed by atoms with Crippen LogP contribution in [0.15, 0.2) is 48.7 Å². The lowest BCUT2D eigenvalue weighted by atomic mass is 10.1. The molecule has 4 nitrogen and oxygen atoms in total. The van der Waals surface area contributed by atoms with Crippen LogP contribution in [0.4, 0.5) is 5.69 Å². The lowest BCUT2D eigenvalue weighted by Crippen LogP contribution is -2.30. The average molecular weight is 306 g/mol. The molecule has 1 N–H and O–H groups in total. The van der Waals surface area contributed by atoms with Crippen molar-refractivity contribution in [1.29, 1.82) is 0 Å². The van der Waals surface area contributed by atoms with Crippen LogP contribution < -0.4 is 9.64 Å². The maximum atomic E-state index is 12.7. The van der Waals surface area contributed by atoms with E-state index in [1.807, 2.05) is 47.5 Å². The zero-order valence-electron chi connectivity index (χ0n) is 13.0. The number of H-pyrrole nitrogens is 1. The molecule has 0 saturated carbocycles. The summed E-state index contributed by atoms with van der Waals surface area (Å²) in [4.78, 5) is 17.8. The van der Waals surface area contributed by atoms with Crippen LogP contribution in [0, 0.1) is 0 Å². The van der Waals surface area contributed by atoms with Crippen LogP contribution in [0.1, 0.15) is 11.1 Å². The van der Waals surface area contributed by atoms with Gasteiger partial charge in [-0.25, -0.2) is 0 Å². The summed E-state index contributed by atoms with van der Waals surface area (Å²) in [5.74, 6) is 0.920. The van der Waals surface area contributed by atoms with Crippen LogP contribution in [0.2, 0.25) is 0 Å². The zero-order valence-corrected chi connectivity index (χ0v) is 13.0. The van der Waals surface area contributed by atoms with Crippen LogP contribution >= 0.6 is 0 Å². The Balaban J connectivity index is 1.58. The van der Waals surface area contributed by atoms with Gasteiger partial charge in [0.15, 0.2) is 0 Å². The highest BCUT2D eigenvalue weighted by Crippen LogP contribution is 2.32. The highest BCUT2D eigenvalue weighted by molar-refractivity contribution is 5.97. The molecule has 0 atom stereocenters. The fourth-order valence-corrected chi connectivity index (χ4v) is 3.23. The van der Waals surface area contributed by atoms with Crippen molar-refractivity contribution in [2.75, 3.05) is 18.6 Å². The largest absolute Gasteiger partial charge is 0.497 e. The molecule has 116 valence electrons. The van der Waals surface area contributed by atoms with Gasteiger partial charge >= 0.3 is 0 Å². The van der Waals surface area contributed by atoms with E-state index in [-0.39, 0.29) is 5.91 Å². The fourth-order valence-electron chi connectivity index (χ4n) is 3.23. The van der Waals surface area contributed by atoms with Crippen molar-refractivity contribution in [3.63, 3.8) is 0 Å². The Kier molecular flexibility index (Phi) is 3.30. The second-order valence-electron chi connectivity index (χ2n) is 5.87. The standard InChI is InChI=1S/C19H18N2O2/c1-23-16-4-3-14-7-9-21(18(14)12-16)19(22)11-13-2-5-17-15(10-13)6-8-20-17/h2-6,8,10,12,20H,7,9,11H2,1H3. The SMILES string of the molecule is COc1ccc2c(c1)N(C(=O)Cc1ccc3[nH]ccc3c1)CC2. The van der Waals surface area contributed by atoms with Crippen molar-refractivity contribution < 1.29 is 9.53 Å².